The third-order valence-corrected chi connectivity index (χ3v) is 3.00. The third-order valence-electron chi connectivity index (χ3n) is 3.00. The Labute approximate surface area is 109 Å². The van der Waals surface area contributed by atoms with Gasteiger partial charge < -0.3 is 16.0 Å². The molecule has 1 unspecified atom stereocenters. The molecule has 0 aromatic carbocycles. The highest BCUT2D eigenvalue weighted by molar-refractivity contribution is 5.87. The summed E-state index contributed by atoms with van der Waals surface area (Å²) in [5.74, 6) is -0.268. The van der Waals surface area contributed by atoms with Gasteiger partial charge in [0.25, 0.3) is 0 Å². The van der Waals surface area contributed by atoms with Crippen molar-refractivity contribution in [2.45, 2.75) is 19.4 Å². The Morgan fingerprint density at radius 1 is 1.63 bits per heavy atom. The topological polar surface area (TPSA) is 127 Å². The summed E-state index contributed by atoms with van der Waals surface area (Å²) in [4.78, 5) is 31.4. The number of piperazine rings is 1. The quantitative estimate of drug-likeness (QED) is 0.567. The lowest BCUT2D eigenvalue weighted by atomic mass is 10.1. The Hall–Kier alpha value is -2.45. The number of amides is 1. The van der Waals surface area contributed by atoms with Crippen molar-refractivity contribution in [1.82, 2.24) is 15.3 Å². The second-order valence-electron chi connectivity index (χ2n) is 4.10. The molecule has 9 heteroatoms. The van der Waals surface area contributed by atoms with E-state index in [9.17, 15) is 14.9 Å². The Morgan fingerprint density at radius 3 is 3.00 bits per heavy atom. The van der Waals surface area contributed by atoms with E-state index in [1.54, 1.807) is 4.90 Å². The van der Waals surface area contributed by atoms with E-state index in [0.29, 0.717) is 19.5 Å². The van der Waals surface area contributed by atoms with Crippen molar-refractivity contribution in [3.8, 4) is 0 Å². The number of nitrogens with one attached hydrogen (secondary N) is 1. The fourth-order valence-electron chi connectivity index (χ4n) is 2.14. The van der Waals surface area contributed by atoms with Gasteiger partial charge in [-0.25, -0.2) is 9.97 Å². The van der Waals surface area contributed by atoms with E-state index in [0.717, 1.165) is 6.33 Å². The van der Waals surface area contributed by atoms with Crippen LogP contribution in [0.15, 0.2) is 6.33 Å². The predicted molar refractivity (Wildman–Crippen MR) is 67.5 cm³/mol. The van der Waals surface area contributed by atoms with Crippen LogP contribution < -0.4 is 16.0 Å². The molecule has 19 heavy (non-hydrogen) atoms. The van der Waals surface area contributed by atoms with E-state index in [-0.39, 0.29) is 23.2 Å². The molecule has 0 bridgehead atoms. The lowest BCUT2D eigenvalue weighted by Crippen LogP contribution is -2.55. The van der Waals surface area contributed by atoms with Gasteiger partial charge in [0.1, 0.15) is 12.4 Å². The number of carbonyl (C=O) groups excluding carboxylic acids is 1. The molecule has 1 aromatic rings. The molecule has 0 aliphatic carbocycles. The molecule has 2 heterocycles. The Bertz CT molecular complexity index is 520. The maximum atomic E-state index is 11.8. The first kappa shape index (κ1) is 13.0. The number of aromatic nitrogens is 2. The zero-order chi connectivity index (χ0) is 14.0. The number of rotatable bonds is 3. The number of anilines is 2. The summed E-state index contributed by atoms with van der Waals surface area (Å²) < 4.78 is 0. The number of hydrogen-bond donors (Lipinski definition) is 2. The summed E-state index contributed by atoms with van der Waals surface area (Å²) in [6, 6.07) is -0.484. The first-order chi connectivity index (χ1) is 9.06. The lowest BCUT2D eigenvalue weighted by molar-refractivity contribution is -0.383. The van der Waals surface area contributed by atoms with Gasteiger partial charge in [0, 0.05) is 13.1 Å². The summed E-state index contributed by atoms with van der Waals surface area (Å²) in [6.07, 6.45) is 1.68. The van der Waals surface area contributed by atoms with Crippen LogP contribution in [0.4, 0.5) is 17.3 Å². The van der Waals surface area contributed by atoms with Crippen LogP contribution in [0.25, 0.3) is 0 Å². The lowest BCUT2D eigenvalue weighted by Gasteiger charge is -2.34. The summed E-state index contributed by atoms with van der Waals surface area (Å²) in [5.41, 5.74) is 5.18. The molecule has 102 valence electrons. The van der Waals surface area contributed by atoms with E-state index in [1.807, 2.05) is 6.92 Å². The smallest absolute Gasteiger partial charge is 0.353 e. The van der Waals surface area contributed by atoms with Gasteiger partial charge in [-0.1, -0.05) is 6.92 Å². The Balaban J connectivity index is 2.48. The predicted octanol–water partition coefficient (Wildman–Crippen LogP) is -0.318. The summed E-state index contributed by atoms with van der Waals surface area (Å²) in [7, 11) is 0. The number of nitro groups is 1. The monoisotopic (exact) mass is 266 g/mol. The van der Waals surface area contributed by atoms with Gasteiger partial charge in [-0.2, -0.15) is 0 Å². The summed E-state index contributed by atoms with van der Waals surface area (Å²) in [5, 5.41) is 13.8. The summed E-state index contributed by atoms with van der Waals surface area (Å²) in [6.45, 7) is 2.69. The number of hydrogen-bond acceptors (Lipinski definition) is 7. The van der Waals surface area contributed by atoms with E-state index >= 15 is 0 Å². The van der Waals surface area contributed by atoms with Gasteiger partial charge >= 0.3 is 5.69 Å². The zero-order valence-corrected chi connectivity index (χ0v) is 10.4. The van der Waals surface area contributed by atoms with Crippen molar-refractivity contribution in [3.05, 3.63) is 16.4 Å². The minimum absolute atomic E-state index is 0.0965. The van der Waals surface area contributed by atoms with Crippen LogP contribution in [-0.2, 0) is 4.79 Å². The van der Waals surface area contributed by atoms with Crippen LogP contribution in [0.1, 0.15) is 13.3 Å². The standard InChI is InChI=1S/C10H14N6O3/c1-2-6-10(17)12-3-4-15(6)9-7(16(18)19)8(11)13-5-14-9/h5-6H,2-4H2,1H3,(H,12,17)(H2,11,13,14). The van der Waals surface area contributed by atoms with Crippen molar-refractivity contribution in [1.29, 1.82) is 0 Å². The highest BCUT2D eigenvalue weighted by Gasteiger charge is 2.34. The van der Waals surface area contributed by atoms with Crippen LogP contribution in [-0.4, -0.2) is 39.9 Å². The van der Waals surface area contributed by atoms with E-state index < -0.39 is 11.0 Å². The highest BCUT2D eigenvalue weighted by atomic mass is 16.6. The molecule has 1 amide bonds. The van der Waals surface area contributed by atoms with Gasteiger partial charge in [0.15, 0.2) is 0 Å². The molecule has 9 nitrogen and oxygen atoms in total. The molecule has 1 aliphatic rings. The van der Waals surface area contributed by atoms with Crippen LogP contribution >= 0.6 is 0 Å². The number of nitrogen functional groups attached to an aromatic ring is 1. The van der Waals surface area contributed by atoms with E-state index in [2.05, 4.69) is 15.3 Å². The number of carbonyl (C=O) groups is 1. The largest absolute Gasteiger partial charge is 0.378 e. The average molecular weight is 266 g/mol. The third kappa shape index (κ3) is 2.26. The highest BCUT2D eigenvalue weighted by Crippen LogP contribution is 2.31. The molecule has 1 aromatic heterocycles. The van der Waals surface area contributed by atoms with Crippen LogP contribution in [0.2, 0.25) is 0 Å². The number of nitrogens with zero attached hydrogens (tertiary/aromatic N) is 4. The second-order valence-corrected chi connectivity index (χ2v) is 4.10. The van der Waals surface area contributed by atoms with Gasteiger partial charge in [0.05, 0.1) is 4.92 Å². The fraction of sp³-hybridized carbons (Fsp3) is 0.500. The Kier molecular flexibility index (Phi) is 3.45. The van der Waals surface area contributed by atoms with Crippen LogP contribution in [0.3, 0.4) is 0 Å². The van der Waals surface area contributed by atoms with E-state index in [1.165, 1.54) is 0 Å². The zero-order valence-electron chi connectivity index (χ0n) is 10.4. The van der Waals surface area contributed by atoms with E-state index in [4.69, 9.17) is 5.73 Å². The molecule has 2 rings (SSSR count). The Morgan fingerprint density at radius 2 is 2.37 bits per heavy atom. The van der Waals surface area contributed by atoms with Gasteiger partial charge in [-0.3, -0.25) is 14.9 Å². The molecule has 1 saturated heterocycles. The molecular formula is C10H14N6O3. The van der Waals surface area contributed by atoms with Gasteiger partial charge in [0.2, 0.25) is 17.5 Å². The fourth-order valence-corrected chi connectivity index (χ4v) is 2.14. The molecule has 1 aliphatic heterocycles. The number of nitrogens with two attached hydrogens (primary N) is 1. The molecule has 0 radical (unpaired) electrons. The van der Waals surface area contributed by atoms with Crippen LogP contribution in [0.5, 0.6) is 0 Å². The normalized spacial score (nSPS) is 19.1. The molecule has 1 atom stereocenters. The van der Waals surface area contributed by atoms with Gasteiger partial charge in [-0.05, 0) is 6.42 Å². The molecule has 0 spiro atoms. The first-order valence-corrected chi connectivity index (χ1v) is 5.85. The minimum Gasteiger partial charge on any atom is -0.378 e. The van der Waals surface area contributed by atoms with Crippen molar-refractivity contribution in [3.63, 3.8) is 0 Å². The SMILES string of the molecule is CCC1C(=O)NCCN1c1ncnc(N)c1[N+](=O)[O-]. The van der Waals surface area contributed by atoms with Crippen molar-refractivity contribution >= 4 is 23.2 Å². The first-order valence-electron chi connectivity index (χ1n) is 5.85. The molecule has 3 N–H and O–H groups in total. The summed E-state index contributed by atoms with van der Waals surface area (Å²) >= 11 is 0. The molecule has 0 saturated carbocycles. The second kappa shape index (κ2) is 5.04. The van der Waals surface area contributed by atoms with Crippen molar-refractivity contribution < 1.29 is 9.72 Å². The minimum atomic E-state index is -0.621. The molecular weight excluding hydrogens is 252 g/mol. The maximum Gasteiger partial charge on any atom is 0.353 e. The van der Waals surface area contributed by atoms with Crippen LogP contribution in [0, 0.1) is 10.1 Å². The average Bonchev–Trinajstić information content (AvgIpc) is 2.37. The maximum absolute atomic E-state index is 11.8. The van der Waals surface area contributed by atoms with Crippen molar-refractivity contribution in [2.24, 2.45) is 0 Å². The molecule has 1 fully saturated rings. The van der Waals surface area contributed by atoms with Gasteiger partial charge in [-0.15, -0.1) is 0 Å². The van der Waals surface area contributed by atoms with Crippen molar-refractivity contribution in [2.75, 3.05) is 23.7 Å².